The van der Waals surface area contributed by atoms with Gasteiger partial charge in [0, 0.05) is 5.56 Å². The number of nitrogens with zero attached hydrogens (tertiary/aromatic N) is 1. The summed E-state index contributed by atoms with van der Waals surface area (Å²) in [4.78, 5) is 11.9. The molecule has 0 spiro atoms. The number of rotatable bonds is 8. The van der Waals surface area contributed by atoms with Crippen molar-refractivity contribution >= 4 is 12.1 Å². The van der Waals surface area contributed by atoms with Gasteiger partial charge in [0.2, 0.25) is 0 Å². The molecule has 0 saturated carbocycles. The van der Waals surface area contributed by atoms with Gasteiger partial charge in [0.25, 0.3) is 5.91 Å². The van der Waals surface area contributed by atoms with E-state index in [1.165, 1.54) is 5.56 Å². The molecule has 0 bridgehead atoms. The standard InChI is InChI=1S/C23H22N2O2/c26-23(21-11-5-2-6-12-21)25-24-18-20-13-15-22(16-14-20)27-17-7-10-19-8-3-1-4-9-19/h1-6,8-9,11-16,18H,7,10,17H2,(H,25,26)/b24-18+. The second-order valence-electron chi connectivity index (χ2n) is 6.07. The van der Waals surface area contributed by atoms with E-state index in [2.05, 4.69) is 34.8 Å². The fourth-order valence-electron chi connectivity index (χ4n) is 2.58. The third-order valence-electron chi connectivity index (χ3n) is 4.02. The van der Waals surface area contributed by atoms with E-state index in [0.717, 1.165) is 24.2 Å². The number of carbonyl (C=O) groups is 1. The summed E-state index contributed by atoms with van der Waals surface area (Å²) in [6.07, 6.45) is 3.59. The van der Waals surface area contributed by atoms with E-state index in [4.69, 9.17) is 4.74 Å². The summed E-state index contributed by atoms with van der Waals surface area (Å²) in [6, 6.07) is 27.0. The molecule has 136 valence electrons. The van der Waals surface area contributed by atoms with Crippen LogP contribution in [-0.4, -0.2) is 18.7 Å². The quantitative estimate of drug-likeness (QED) is 0.367. The van der Waals surface area contributed by atoms with Gasteiger partial charge in [-0.2, -0.15) is 5.10 Å². The van der Waals surface area contributed by atoms with E-state index in [-0.39, 0.29) is 5.91 Å². The second-order valence-corrected chi connectivity index (χ2v) is 6.07. The van der Waals surface area contributed by atoms with E-state index < -0.39 is 0 Å². The minimum absolute atomic E-state index is 0.231. The van der Waals surface area contributed by atoms with Crippen LogP contribution in [0.1, 0.15) is 27.9 Å². The Bertz CT molecular complexity index is 860. The molecule has 0 aliphatic carbocycles. The zero-order valence-corrected chi connectivity index (χ0v) is 15.0. The summed E-state index contributed by atoms with van der Waals surface area (Å²) in [5.41, 5.74) is 5.31. The molecule has 0 saturated heterocycles. The van der Waals surface area contributed by atoms with Gasteiger partial charge in [0.15, 0.2) is 0 Å². The van der Waals surface area contributed by atoms with Gasteiger partial charge in [-0.1, -0.05) is 48.5 Å². The molecular formula is C23H22N2O2. The Hall–Kier alpha value is -3.40. The van der Waals surface area contributed by atoms with Crippen LogP contribution in [0.4, 0.5) is 0 Å². The minimum Gasteiger partial charge on any atom is -0.494 e. The van der Waals surface area contributed by atoms with Gasteiger partial charge in [-0.25, -0.2) is 5.43 Å². The number of aryl methyl sites for hydroxylation is 1. The number of benzene rings is 3. The molecule has 0 heterocycles. The molecule has 0 aliphatic heterocycles. The summed E-state index contributed by atoms with van der Waals surface area (Å²) < 4.78 is 5.77. The van der Waals surface area contributed by atoms with Gasteiger partial charge in [-0.05, 0) is 60.4 Å². The molecule has 4 nitrogen and oxygen atoms in total. The number of hydrogen-bond donors (Lipinski definition) is 1. The fraction of sp³-hybridized carbons (Fsp3) is 0.130. The second kappa shape index (κ2) is 9.92. The summed E-state index contributed by atoms with van der Waals surface area (Å²) in [7, 11) is 0. The predicted octanol–water partition coefficient (Wildman–Crippen LogP) is 4.46. The first-order valence-corrected chi connectivity index (χ1v) is 8.96. The molecule has 1 amide bonds. The molecule has 1 N–H and O–H groups in total. The highest BCUT2D eigenvalue weighted by Crippen LogP contribution is 2.12. The van der Waals surface area contributed by atoms with Gasteiger partial charge in [0.1, 0.15) is 5.75 Å². The van der Waals surface area contributed by atoms with Crippen LogP contribution in [0.3, 0.4) is 0 Å². The van der Waals surface area contributed by atoms with Gasteiger partial charge in [0.05, 0.1) is 12.8 Å². The normalized spacial score (nSPS) is 10.7. The fourth-order valence-corrected chi connectivity index (χ4v) is 2.58. The highest BCUT2D eigenvalue weighted by atomic mass is 16.5. The van der Waals surface area contributed by atoms with Crippen molar-refractivity contribution in [3.05, 3.63) is 102 Å². The van der Waals surface area contributed by atoms with Crippen LogP contribution >= 0.6 is 0 Å². The van der Waals surface area contributed by atoms with Crippen molar-refractivity contribution in [3.63, 3.8) is 0 Å². The number of nitrogens with one attached hydrogen (secondary N) is 1. The van der Waals surface area contributed by atoms with Crippen molar-refractivity contribution in [2.24, 2.45) is 5.10 Å². The number of amides is 1. The number of hydrazone groups is 1. The third kappa shape index (κ3) is 6.12. The maximum atomic E-state index is 11.9. The van der Waals surface area contributed by atoms with Crippen LogP contribution in [0.2, 0.25) is 0 Å². The maximum Gasteiger partial charge on any atom is 0.271 e. The molecule has 0 atom stereocenters. The summed E-state index contributed by atoms with van der Waals surface area (Å²) >= 11 is 0. The van der Waals surface area contributed by atoms with Crippen molar-refractivity contribution in [2.45, 2.75) is 12.8 Å². The van der Waals surface area contributed by atoms with Crippen LogP contribution in [0.5, 0.6) is 5.75 Å². The van der Waals surface area contributed by atoms with Crippen LogP contribution in [0, 0.1) is 0 Å². The Balaban J connectivity index is 1.41. The van der Waals surface area contributed by atoms with E-state index in [9.17, 15) is 4.79 Å². The summed E-state index contributed by atoms with van der Waals surface area (Å²) in [6.45, 7) is 0.676. The molecule has 0 aliphatic rings. The van der Waals surface area contributed by atoms with E-state index >= 15 is 0 Å². The van der Waals surface area contributed by atoms with Crippen molar-refractivity contribution < 1.29 is 9.53 Å². The van der Waals surface area contributed by atoms with Gasteiger partial charge in [-0.3, -0.25) is 4.79 Å². The van der Waals surface area contributed by atoms with Crippen LogP contribution in [0.25, 0.3) is 0 Å². The summed E-state index contributed by atoms with van der Waals surface area (Å²) in [5, 5.41) is 3.99. The first-order chi connectivity index (χ1) is 13.3. The number of ether oxygens (including phenoxy) is 1. The first-order valence-electron chi connectivity index (χ1n) is 8.96. The first kappa shape index (κ1) is 18.4. The van der Waals surface area contributed by atoms with Gasteiger partial charge in [-0.15, -0.1) is 0 Å². The Morgan fingerprint density at radius 2 is 1.56 bits per heavy atom. The Morgan fingerprint density at radius 3 is 2.26 bits per heavy atom. The SMILES string of the molecule is O=C(N/N=C/c1ccc(OCCCc2ccccc2)cc1)c1ccccc1. The lowest BCUT2D eigenvalue weighted by Gasteiger charge is -2.06. The predicted molar refractivity (Wildman–Crippen MR) is 108 cm³/mol. The smallest absolute Gasteiger partial charge is 0.271 e. The third-order valence-corrected chi connectivity index (χ3v) is 4.02. The molecule has 0 radical (unpaired) electrons. The van der Waals surface area contributed by atoms with Crippen LogP contribution < -0.4 is 10.2 Å². The Kier molecular flexibility index (Phi) is 6.76. The summed E-state index contributed by atoms with van der Waals surface area (Å²) in [5.74, 6) is 0.596. The van der Waals surface area contributed by atoms with Gasteiger partial charge >= 0.3 is 0 Å². The molecule has 3 aromatic rings. The average molecular weight is 358 g/mol. The Morgan fingerprint density at radius 1 is 0.889 bits per heavy atom. The zero-order chi connectivity index (χ0) is 18.7. The Labute approximate surface area is 159 Å². The van der Waals surface area contributed by atoms with Crippen molar-refractivity contribution in [2.75, 3.05) is 6.61 Å². The van der Waals surface area contributed by atoms with Crippen molar-refractivity contribution in [1.29, 1.82) is 0 Å². The van der Waals surface area contributed by atoms with E-state index in [0.29, 0.717) is 12.2 Å². The molecule has 4 heteroatoms. The van der Waals surface area contributed by atoms with Crippen LogP contribution in [-0.2, 0) is 6.42 Å². The lowest BCUT2D eigenvalue weighted by atomic mass is 10.1. The lowest BCUT2D eigenvalue weighted by Crippen LogP contribution is -2.17. The molecule has 0 aromatic heterocycles. The largest absolute Gasteiger partial charge is 0.494 e. The highest BCUT2D eigenvalue weighted by Gasteiger charge is 2.01. The van der Waals surface area contributed by atoms with E-state index in [1.54, 1.807) is 18.3 Å². The zero-order valence-electron chi connectivity index (χ0n) is 15.0. The van der Waals surface area contributed by atoms with Gasteiger partial charge < -0.3 is 4.74 Å². The number of carbonyl (C=O) groups excluding carboxylic acids is 1. The van der Waals surface area contributed by atoms with Crippen LogP contribution in [0.15, 0.2) is 90.0 Å². The molecule has 3 aromatic carbocycles. The monoisotopic (exact) mass is 358 g/mol. The molecule has 3 rings (SSSR count). The lowest BCUT2D eigenvalue weighted by molar-refractivity contribution is 0.0955. The van der Waals surface area contributed by atoms with E-state index in [1.807, 2.05) is 48.5 Å². The minimum atomic E-state index is -0.231. The molecular weight excluding hydrogens is 336 g/mol. The number of hydrogen-bond acceptors (Lipinski definition) is 3. The average Bonchev–Trinajstić information content (AvgIpc) is 2.73. The molecule has 0 unspecified atom stereocenters. The van der Waals surface area contributed by atoms with Crippen molar-refractivity contribution in [3.8, 4) is 5.75 Å². The highest BCUT2D eigenvalue weighted by molar-refractivity contribution is 5.94. The maximum absolute atomic E-state index is 11.9. The van der Waals surface area contributed by atoms with Crippen molar-refractivity contribution in [1.82, 2.24) is 5.43 Å². The molecule has 27 heavy (non-hydrogen) atoms. The topological polar surface area (TPSA) is 50.7 Å². The molecule has 0 fully saturated rings.